The van der Waals surface area contributed by atoms with Gasteiger partial charge in [0.15, 0.2) is 11.5 Å². The second kappa shape index (κ2) is 11.4. The van der Waals surface area contributed by atoms with Crippen molar-refractivity contribution in [1.29, 1.82) is 0 Å². The minimum absolute atomic E-state index is 0.0464. The van der Waals surface area contributed by atoms with Gasteiger partial charge in [0.05, 0.1) is 27.9 Å². The number of nitrogens with zero attached hydrogens (tertiary/aromatic N) is 1. The number of anilines is 1. The van der Waals surface area contributed by atoms with Crippen LogP contribution in [0.25, 0.3) is 0 Å². The van der Waals surface area contributed by atoms with Crippen molar-refractivity contribution in [1.82, 2.24) is 10.2 Å². The predicted molar refractivity (Wildman–Crippen MR) is 122 cm³/mol. The summed E-state index contributed by atoms with van der Waals surface area (Å²) < 4.78 is 15.8. The monoisotopic (exact) mass is 441 g/mol. The maximum atomic E-state index is 12.6. The Hall–Kier alpha value is -3.26. The maximum absolute atomic E-state index is 12.6. The Balaban J connectivity index is 1.43. The van der Waals surface area contributed by atoms with Crippen LogP contribution in [0, 0.1) is 5.92 Å². The van der Waals surface area contributed by atoms with Gasteiger partial charge in [-0.05, 0) is 44.1 Å². The number of rotatable bonds is 9. The van der Waals surface area contributed by atoms with Crippen LogP contribution in [-0.4, -0.2) is 57.7 Å². The summed E-state index contributed by atoms with van der Waals surface area (Å²) in [5, 5.41) is 5.90. The number of nitrogens with one attached hydrogen (secondary N) is 2. The Morgan fingerprint density at radius 3 is 2.31 bits per heavy atom. The van der Waals surface area contributed by atoms with Gasteiger partial charge < -0.3 is 24.8 Å². The molecule has 172 valence electrons. The van der Waals surface area contributed by atoms with Gasteiger partial charge in [0.2, 0.25) is 11.8 Å². The van der Waals surface area contributed by atoms with Gasteiger partial charge in [0.25, 0.3) is 0 Å². The summed E-state index contributed by atoms with van der Waals surface area (Å²) in [4.78, 5) is 27.1. The van der Waals surface area contributed by atoms with E-state index >= 15 is 0 Å². The van der Waals surface area contributed by atoms with E-state index in [4.69, 9.17) is 14.2 Å². The van der Waals surface area contributed by atoms with Crippen molar-refractivity contribution in [3.63, 3.8) is 0 Å². The molecule has 1 aliphatic heterocycles. The number of methoxy groups -OCH3 is 3. The number of hydrogen-bond acceptors (Lipinski definition) is 6. The molecule has 1 aliphatic rings. The third kappa shape index (κ3) is 6.13. The molecule has 3 rings (SSSR count). The van der Waals surface area contributed by atoms with E-state index in [9.17, 15) is 9.59 Å². The standard InChI is InChI=1S/C24H31N3O5/c1-30-20-7-5-4-6-18(20)15-25-24(29)17-10-12-27(13-11-17)16-23(28)26-19-8-9-21(31-2)22(14-19)32-3/h4-9,14,17H,10-13,15-16H2,1-3H3,(H,25,29)(H,26,28). The SMILES string of the molecule is COc1ccccc1CNC(=O)C1CCN(CC(=O)Nc2ccc(OC)c(OC)c2)CC1. The summed E-state index contributed by atoms with van der Waals surface area (Å²) in [6.45, 7) is 2.12. The van der Waals surface area contributed by atoms with E-state index in [2.05, 4.69) is 15.5 Å². The zero-order valence-electron chi connectivity index (χ0n) is 18.8. The van der Waals surface area contributed by atoms with E-state index in [0.717, 1.165) is 24.2 Å². The summed E-state index contributed by atoms with van der Waals surface area (Å²) in [5.74, 6) is 1.83. The van der Waals surface area contributed by atoms with Crippen molar-refractivity contribution in [2.75, 3.05) is 46.3 Å². The molecule has 32 heavy (non-hydrogen) atoms. The lowest BCUT2D eigenvalue weighted by atomic mass is 9.96. The lowest BCUT2D eigenvalue weighted by Crippen LogP contribution is -2.43. The van der Waals surface area contributed by atoms with E-state index in [1.807, 2.05) is 24.3 Å². The molecular weight excluding hydrogens is 410 g/mol. The number of hydrogen-bond donors (Lipinski definition) is 2. The largest absolute Gasteiger partial charge is 0.496 e. The highest BCUT2D eigenvalue weighted by Crippen LogP contribution is 2.29. The highest BCUT2D eigenvalue weighted by molar-refractivity contribution is 5.92. The average Bonchev–Trinajstić information content (AvgIpc) is 2.83. The van der Waals surface area contributed by atoms with Gasteiger partial charge in [-0.2, -0.15) is 0 Å². The summed E-state index contributed by atoms with van der Waals surface area (Å²) >= 11 is 0. The predicted octanol–water partition coefficient (Wildman–Crippen LogP) is 2.68. The lowest BCUT2D eigenvalue weighted by molar-refractivity contribution is -0.126. The number of ether oxygens (including phenoxy) is 3. The third-order valence-corrected chi connectivity index (χ3v) is 5.64. The molecule has 0 saturated carbocycles. The number of amides is 2. The van der Waals surface area contributed by atoms with Gasteiger partial charge >= 0.3 is 0 Å². The van der Waals surface area contributed by atoms with E-state index in [1.165, 1.54) is 0 Å². The van der Waals surface area contributed by atoms with Crippen molar-refractivity contribution in [2.45, 2.75) is 19.4 Å². The van der Waals surface area contributed by atoms with Gasteiger partial charge in [-0.3, -0.25) is 14.5 Å². The van der Waals surface area contributed by atoms with Crippen LogP contribution >= 0.6 is 0 Å². The number of carbonyl (C=O) groups excluding carboxylic acids is 2. The molecule has 0 spiro atoms. The first-order chi connectivity index (χ1) is 15.5. The molecule has 0 atom stereocenters. The fourth-order valence-corrected chi connectivity index (χ4v) is 3.85. The zero-order chi connectivity index (χ0) is 22.9. The number of piperidine rings is 1. The van der Waals surface area contributed by atoms with Crippen LogP contribution in [0.3, 0.4) is 0 Å². The molecule has 2 aromatic rings. The average molecular weight is 442 g/mol. The van der Waals surface area contributed by atoms with Crippen LogP contribution in [0.4, 0.5) is 5.69 Å². The van der Waals surface area contributed by atoms with Crippen molar-refractivity contribution < 1.29 is 23.8 Å². The molecule has 2 amide bonds. The maximum Gasteiger partial charge on any atom is 0.238 e. The molecule has 2 aromatic carbocycles. The molecule has 1 saturated heterocycles. The summed E-state index contributed by atoms with van der Waals surface area (Å²) in [6, 6.07) is 12.9. The minimum Gasteiger partial charge on any atom is -0.496 e. The fourth-order valence-electron chi connectivity index (χ4n) is 3.85. The molecule has 8 nitrogen and oxygen atoms in total. The first-order valence-electron chi connectivity index (χ1n) is 10.7. The summed E-state index contributed by atoms with van der Waals surface area (Å²) in [5.41, 5.74) is 1.60. The molecule has 0 aliphatic carbocycles. The van der Waals surface area contributed by atoms with E-state index in [-0.39, 0.29) is 24.3 Å². The molecular formula is C24H31N3O5. The van der Waals surface area contributed by atoms with Crippen LogP contribution in [0.15, 0.2) is 42.5 Å². The highest BCUT2D eigenvalue weighted by atomic mass is 16.5. The van der Waals surface area contributed by atoms with Crippen molar-refractivity contribution >= 4 is 17.5 Å². The Morgan fingerprint density at radius 1 is 0.938 bits per heavy atom. The van der Waals surface area contributed by atoms with Gasteiger partial charge in [0, 0.05) is 29.8 Å². The Morgan fingerprint density at radius 2 is 1.62 bits per heavy atom. The number of para-hydroxylation sites is 1. The lowest BCUT2D eigenvalue weighted by Gasteiger charge is -2.30. The summed E-state index contributed by atoms with van der Waals surface area (Å²) in [6.07, 6.45) is 1.45. The fraction of sp³-hybridized carbons (Fsp3) is 0.417. The van der Waals surface area contributed by atoms with Gasteiger partial charge in [0.1, 0.15) is 5.75 Å². The van der Waals surface area contributed by atoms with Gasteiger partial charge in [-0.25, -0.2) is 0 Å². The smallest absolute Gasteiger partial charge is 0.238 e. The number of benzene rings is 2. The van der Waals surface area contributed by atoms with Crippen molar-refractivity contribution in [3.05, 3.63) is 48.0 Å². The first-order valence-corrected chi connectivity index (χ1v) is 10.7. The second-order valence-corrected chi connectivity index (χ2v) is 7.70. The second-order valence-electron chi connectivity index (χ2n) is 7.70. The Labute approximate surface area is 188 Å². The summed E-state index contributed by atoms with van der Waals surface area (Å²) in [7, 11) is 4.75. The highest BCUT2D eigenvalue weighted by Gasteiger charge is 2.26. The number of carbonyl (C=O) groups is 2. The van der Waals surface area contributed by atoms with E-state index in [0.29, 0.717) is 36.8 Å². The Bertz CT molecular complexity index is 926. The van der Waals surface area contributed by atoms with Crippen LogP contribution in [0.2, 0.25) is 0 Å². The van der Waals surface area contributed by atoms with Crippen LogP contribution < -0.4 is 24.8 Å². The van der Waals surface area contributed by atoms with Crippen LogP contribution in [0.1, 0.15) is 18.4 Å². The molecule has 0 radical (unpaired) electrons. The molecule has 0 aromatic heterocycles. The molecule has 1 heterocycles. The van der Waals surface area contributed by atoms with E-state index < -0.39 is 0 Å². The molecule has 1 fully saturated rings. The topological polar surface area (TPSA) is 89.1 Å². The quantitative estimate of drug-likeness (QED) is 0.622. The van der Waals surface area contributed by atoms with E-state index in [1.54, 1.807) is 39.5 Å². The molecule has 0 unspecified atom stereocenters. The van der Waals surface area contributed by atoms with Crippen molar-refractivity contribution in [3.8, 4) is 17.2 Å². The zero-order valence-corrected chi connectivity index (χ0v) is 18.8. The van der Waals surface area contributed by atoms with Crippen molar-refractivity contribution in [2.24, 2.45) is 5.92 Å². The first kappa shape index (κ1) is 23.4. The third-order valence-electron chi connectivity index (χ3n) is 5.64. The molecule has 8 heteroatoms. The molecule has 0 bridgehead atoms. The minimum atomic E-state index is -0.101. The number of likely N-dealkylation sites (tertiary alicyclic amines) is 1. The molecule has 2 N–H and O–H groups in total. The normalized spacial score (nSPS) is 14.5. The van der Waals surface area contributed by atoms with Crippen LogP contribution in [0.5, 0.6) is 17.2 Å². The van der Waals surface area contributed by atoms with Gasteiger partial charge in [-0.1, -0.05) is 18.2 Å². The van der Waals surface area contributed by atoms with Crippen LogP contribution in [-0.2, 0) is 16.1 Å². The van der Waals surface area contributed by atoms with Gasteiger partial charge in [-0.15, -0.1) is 0 Å². The Kier molecular flexibility index (Phi) is 8.33.